The first kappa shape index (κ1) is 22.1. The zero-order chi connectivity index (χ0) is 19.0. The van der Waals surface area contributed by atoms with Crippen LogP contribution in [0.1, 0.15) is 81.5 Å². The molecule has 0 saturated carbocycles. The van der Waals surface area contributed by atoms with E-state index in [0.717, 1.165) is 19.3 Å². The summed E-state index contributed by atoms with van der Waals surface area (Å²) in [5.74, 6) is -1.71. The van der Waals surface area contributed by atoms with Gasteiger partial charge in [0.2, 0.25) is 0 Å². The number of esters is 1. The number of halogens is 1. The van der Waals surface area contributed by atoms with Gasteiger partial charge in [0.25, 0.3) is 5.91 Å². The Balaban J connectivity index is 1.97. The summed E-state index contributed by atoms with van der Waals surface area (Å²) in [4.78, 5) is 23.4. The molecule has 0 unspecified atom stereocenters. The van der Waals surface area contributed by atoms with Crippen LogP contribution in [-0.2, 0) is 9.53 Å². The SMILES string of the molecule is CCCCCCCCCCCCOC(=O)CNC(=O)c1ccccc1F. The molecule has 1 amide bonds. The molecule has 0 aliphatic carbocycles. The van der Waals surface area contributed by atoms with E-state index in [1.54, 1.807) is 6.07 Å². The maximum atomic E-state index is 13.4. The van der Waals surface area contributed by atoms with Crippen LogP contribution in [0.2, 0.25) is 0 Å². The van der Waals surface area contributed by atoms with E-state index in [2.05, 4.69) is 12.2 Å². The standard InChI is InChI=1S/C21H32FNO3/c1-2-3-4-5-6-7-8-9-10-13-16-26-20(24)17-23-21(25)18-14-11-12-15-19(18)22/h11-12,14-15H,2-10,13,16-17H2,1H3,(H,23,25). The number of amides is 1. The van der Waals surface area contributed by atoms with Crippen molar-refractivity contribution >= 4 is 11.9 Å². The van der Waals surface area contributed by atoms with E-state index in [1.165, 1.54) is 63.1 Å². The topological polar surface area (TPSA) is 55.4 Å². The van der Waals surface area contributed by atoms with Gasteiger partial charge in [-0.2, -0.15) is 0 Å². The summed E-state index contributed by atoms with van der Waals surface area (Å²) >= 11 is 0. The molecule has 146 valence electrons. The third-order valence-corrected chi connectivity index (χ3v) is 4.27. The largest absolute Gasteiger partial charge is 0.464 e. The van der Waals surface area contributed by atoms with Crippen molar-refractivity contribution < 1.29 is 18.7 Å². The van der Waals surface area contributed by atoms with Gasteiger partial charge >= 0.3 is 5.97 Å². The second kappa shape index (κ2) is 14.3. The van der Waals surface area contributed by atoms with Gasteiger partial charge < -0.3 is 10.1 Å². The lowest BCUT2D eigenvalue weighted by molar-refractivity contribution is -0.142. The van der Waals surface area contributed by atoms with Crippen molar-refractivity contribution in [1.29, 1.82) is 0 Å². The summed E-state index contributed by atoms with van der Waals surface area (Å²) in [7, 11) is 0. The summed E-state index contributed by atoms with van der Waals surface area (Å²) in [5, 5.41) is 2.38. The molecule has 1 aromatic carbocycles. The van der Waals surface area contributed by atoms with Crippen molar-refractivity contribution in [3.05, 3.63) is 35.6 Å². The number of ether oxygens (including phenoxy) is 1. The smallest absolute Gasteiger partial charge is 0.325 e. The number of benzene rings is 1. The fraction of sp³-hybridized carbons (Fsp3) is 0.619. The van der Waals surface area contributed by atoms with Gasteiger partial charge in [0.05, 0.1) is 12.2 Å². The maximum absolute atomic E-state index is 13.4. The minimum Gasteiger partial charge on any atom is -0.464 e. The average molecular weight is 365 g/mol. The molecule has 4 nitrogen and oxygen atoms in total. The van der Waals surface area contributed by atoms with Crippen molar-refractivity contribution in [2.45, 2.75) is 71.1 Å². The molecule has 0 aromatic heterocycles. The molecule has 1 aromatic rings. The van der Waals surface area contributed by atoms with Gasteiger partial charge in [-0.05, 0) is 18.6 Å². The molecule has 0 aliphatic rings. The van der Waals surface area contributed by atoms with Crippen LogP contribution in [0.3, 0.4) is 0 Å². The summed E-state index contributed by atoms with van der Waals surface area (Å²) < 4.78 is 18.5. The Bertz CT molecular complexity index is 534. The highest BCUT2D eigenvalue weighted by Crippen LogP contribution is 2.10. The van der Waals surface area contributed by atoms with Crippen molar-refractivity contribution in [2.24, 2.45) is 0 Å². The van der Waals surface area contributed by atoms with Crippen molar-refractivity contribution in [1.82, 2.24) is 5.32 Å². The predicted octanol–water partition coefficient (Wildman–Crippen LogP) is 5.02. The lowest BCUT2D eigenvalue weighted by atomic mass is 10.1. The Morgan fingerprint density at radius 3 is 2.12 bits per heavy atom. The van der Waals surface area contributed by atoms with Crippen molar-refractivity contribution in [2.75, 3.05) is 13.2 Å². The maximum Gasteiger partial charge on any atom is 0.325 e. The Hall–Kier alpha value is -1.91. The molecule has 0 radical (unpaired) electrons. The van der Waals surface area contributed by atoms with Crippen LogP contribution < -0.4 is 5.32 Å². The van der Waals surface area contributed by atoms with Gasteiger partial charge in [-0.1, -0.05) is 76.8 Å². The van der Waals surface area contributed by atoms with Crippen LogP contribution >= 0.6 is 0 Å². The first-order chi connectivity index (χ1) is 12.6. The lowest BCUT2D eigenvalue weighted by Gasteiger charge is -2.07. The highest BCUT2D eigenvalue weighted by atomic mass is 19.1. The van der Waals surface area contributed by atoms with Crippen LogP contribution in [0.25, 0.3) is 0 Å². The van der Waals surface area contributed by atoms with Gasteiger partial charge in [-0.15, -0.1) is 0 Å². The minimum atomic E-state index is -0.612. The third-order valence-electron chi connectivity index (χ3n) is 4.27. The minimum absolute atomic E-state index is 0.0741. The van der Waals surface area contributed by atoms with Crippen molar-refractivity contribution in [3.8, 4) is 0 Å². The molecule has 1 rings (SSSR count). The first-order valence-electron chi connectivity index (χ1n) is 9.83. The second-order valence-electron chi connectivity index (χ2n) is 6.56. The quantitative estimate of drug-likeness (QED) is 0.372. The molecule has 1 N–H and O–H groups in total. The predicted molar refractivity (Wildman–Crippen MR) is 102 cm³/mol. The Morgan fingerprint density at radius 1 is 0.923 bits per heavy atom. The number of carbonyl (C=O) groups is 2. The van der Waals surface area contributed by atoms with E-state index in [0.29, 0.717) is 6.61 Å². The zero-order valence-electron chi connectivity index (χ0n) is 15.9. The van der Waals surface area contributed by atoms with Gasteiger partial charge in [-0.3, -0.25) is 9.59 Å². The molecule has 0 aliphatic heterocycles. The molecule has 0 bridgehead atoms. The molecule has 0 saturated heterocycles. The molecule has 5 heteroatoms. The van der Waals surface area contributed by atoms with E-state index in [-0.39, 0.29) is 12.1 Å². The number of carbonyl (C=O) groups excluding carboxylic acids is 2. The van der Waals surface area contributed by atoms with Crippen molar-refractivity contribution in [3.63, 3.8) is 0 Å². The molecule has 0 spiro atoms. The summed E-state index contributed by atoms with van der Waals surface area (Å²) in [6.45, 7) is 2.35. The van der Waals surface area contributed by atoms with E-state index >= 15 is 0 Å². The molecule has 0 fully saturated rings. The summed E-state index contributed by atoms with van der Waals surface area (Å²) in [5.41, 5.74) is -0.0741. The number of hydrogen-bond acceptors (Lipinski definition) is 3. The van der Waals surface area contributed by atoms with Gasteiger partial charge in [0.15, 0.2) is 0 Å². The van der Waals surface area contributed by atoms with Gasteiger partial charge in [0, 0.05) is 0 Å². The van der Waals surface area contributed by atoms with E-state index in [4.69, 9.17) is 4.74 Å². The number of unbranched alkanes of at least 4 members (excludes halogenated alkanes) is 9. The van der Waals surface area contributed by atoms with Crippen LogP contribution in [-0.4, -0.2) is 25.0 Å². The fourth-order valence-electron chi connectivity index (χ4n) is 2.72. The molecule has 26 heavy (non-hydrogen) atoms. The Morgan fingerprint density at radius 2 is 1.50 bits per heavy atom. The molecular weight excluding hydrogens is 333 g/mol. The number of hydrogen-bond donors (Lipinski definition) is 1. The second-order valence-corrected chi connectivity index (χ2v) is 6.56. The Labute approximate surface area is 156 Å². The van der Waals surface area contributed by atoms with Crippen LogP contribution in [0, 0.1) is 5.82 Å². The lowest BCUT2D eigenvalue weighted by Crippen LogP contribution is -2.31. The molecule has 0 atom stereocenters. The normalized spacial score (nSPS) is 10.5. The van der Waals surface area contributed by atoms with Gasteiger partial charge in [0.1, 0.15) is 12.4 Å². The monoisotopic (exact) mass is 365 g/mol. The van der Waals surface area contributed by atoms with Gasteiger partial charge in [-0.25, -0.2) is 4.39 Å². The molecule has 0 heterocycles. The highest BCUT2D eigenvalue weighted by molar-refractivity contribution is 5.96. The highest BCUT2D eigenvalue weighted by Gasteiger charge is 2.12. The Kier molecular flexibility index (Phi) is 12.2. The fourth-order valence-corrected chi connectivity index (χ4v) is 2.72. The summed E-state index contributed by atoms with van der Waals surface area (Å²) in [6.07, 6.45) is 12.2. The summed E-state index contributed by atoms with van der Waals surface area (Å²) in [6, 6.07) is 5.66. The average Bonchev–Trinajstić information content (AvgIpc) is 2.64. The van der Waals surface area contributed by atoms with E-state index in [1.807, 2.05) is 0 Å². The number of nitrogens with one attached hydrogen (secondary N) is 1. The third kappa shape index (κ3) is 10.2. The van der Waals surface area contributed by atoms with E-state index in [9.17, 15) is 14.0 Å². The first-order valence-corrected chi connectivity index (χ1v) is 9.83. The molecular formula is C21H32FNO3. The zero-order valence-corrected chi connectivity index (χ0v) is 15.9. The van der Waals surface area contributed by atoms with Crippen LogP contribution in [0.4, 0.5) is 4.39 Å². The number of rotatable bonds is 14. The van der Waals surface area contributed by atoms with Crippen LogP contribution in [0.15, 0.2) is 24.3 Å². The van der Waals surface area contributed by atoms with E-state index < -0.39 is 17.7 Å². The van der Waals surface area contributed by atoms with Crippen LogP contribution in [0.5, 0.6) is 0 Å².